The maximum Gasteiger partial charge on any atom is 0.0809 e. The zero-order valence-corrected chi connectivity index (χ0v) is 10.7. The van der Waals surface area contributed by atoms with E-state index in [1.807, 2.05) is 6.92 Å². The summed E-state index contributed by atoms with van der Waals surface area (Å²) in [6, 6.07) is 4.15. The molecule has 1 N–H and O–H groups in total. The maximum atomic E-state index is 5.52. The third-order valence-corrected chi connectivity index (χ3v) is 2.94. The molecule has 1 aromatic heterocycles. The highest BCUT2D eigenvalue weighted by molar-refractivity contribution is 7.09. The number of thiophene rings is 1. The highest BCUT2D eigenvalue weighted by Gasteiger charge is 1.93. The first-order valence-electron chi connectivity index (χ1n) is 5.82. The van der Waals surface area contributed by atoms with Crippen LogP contribution in [0.1, 0.15) is 18.2 Å². The second-order valence-corrected chi connectivity index (χ2v) is 4.46. The molecule has 0 fully saturated rings. The highest BCUT2D eigenvalue weighted by atomic mass is 32.1. The summed E-state index contributed by atoms with van der Waals surface area (Å²) in [5.74, 6) is 0. The Hall–Kier alpha value is -0.420. The fourth-order valence-corrected chi connectivity index (χ4v) is 1.92. The summed E-state index contributed by atoms with van der Waals surface area (Å²) in [5, 5.41) is 5.40. The van der Waals surface area contributed by atoms with E-state index < -0.39 is 0 Å². The van der Waals surface area contributed by atoms with Crippen molar-refractivity contribution in [3.63, 3.8) is 0 Å². The third-order valence-electron chi connectivity index (χ3n) is 2.09. The van der Waals surface area contributed by atoms with Crippen LogP contribution < -0.4 is 5.32 Å². The van der Waals surface area contributed by atoms with Gasteiger partial charge in [-0.25, -0.2) is 0 Å². The first-order chi connectivity index (χ1) is 7.93. The molecule has 0 radical (unpaired) electrons. The molecule has 0 aliphatic rings. The largest absolute Gasteiger partial charge is 0.382 e. The maximum absolute atomic E-state index is 5.52. The van der Waals surface area contributed by atoms with Gasteiger partial charge in [0.05, 0.1) is 13.2 Å². The Labute approximate surface area is 102 Å². The van der Waals surface area contributed by atoms with Gasteiger partial charge < -0.3 is 14.8 Å². The molecule has 3 nitrogen and oxygen atoms in total. The van der Waals surface area contributed by atoms with Crippen molar-refractivity contribution in [1.82, 2.24) is 5.32 Å². The average Bonchev–Trinajstić information content (AvgIpc) is 2.80. The van der Waals surface area contributed by atoms with E-state index >= 15 is 0 Å². The summed E-state index contributed by atoms with van der Waals surface area (Å²) in [6.45, 7) is 7.10. The Balaban J connectivity index is 1.78. The predicted octanol–water partition coefficient (Wildman–Crippen LogP) is 2.28. The quantitative estimate of drug-likeness (QED) is 0.640. The Kier molecular flexibility index (Phi) is 8.34. The molecule has 0 spiro atoms. The van der Waals surface area contributed by atoms with Crippen LogP contribution in [0.2, 0.25) is 0 Å². The molecule has 4 heteroatoms. The number of ether oxygens (including phenoxy) is 2. The third kappa shape index (κ3) is 6.95. The fourth-order valence-electron chi connectivity index (χ4n) is 1.28. The molecule has 0 bridgehead atoms. The van der Waals surface area contributed by atoms with Crippen molar-refractivity contribution in [2.75, 3.05) is 32.9 Å². The van der Waals surface area contributed by atoms with Crippen molar-refractivity contribution < 1.29 is 9.47 Å². The van der Waals surface area contributed by atoms with Crippen LogP contribution >= 0.6 is 11.3 Å². The van der Waals surface area contributed by atoms with Gasteiger partial charge in [-0.1, -0.05) is 6.07 Å². The standard InChI is InChI=1S/C12H21NO2S/c1-2-14-8-4-6-13-7-9-15-11-12-5-3-10-16-12/h3,5,10,13H,2,4,6-9,11H2,1H3. The van der Waals surface area contributed by atoms with Gasteiger partial charge in [0.2, 0.25) is 0 Å². The second-order valence-electron chi connectivity index (χ2n) is 3.43. The van der Waals surface area contributed by atoms with Gasteiger partial charge >= 0.3 is 0 Å². The van der Waals surface area contributed by atoms with Crippen LogP contribution in [0.5, 0.6) is 0 Å². The molecule has 0 atom stereocenters. The number of hydrogen-bond acceptors (Lipinski definition) is 4. The lowest BCUT2D eigenvalue weighted by Gasteiger charge is -2.05. The zero-order chi connectivity index (χ0) is 11.5. The molecule has 0 saturated carbocycles. The van der Waals surface area contributed by atoms with E-state index in [9.17, 15) is 0 Å². The molecular formula is C12H21NO2S. The molecule has 0 unspecified atom stereocenters. The molecule has 0 aliphatic carbocycles. The van der Waals surface area contributed by atoms with Crippen LogP contribution in [-0.4, -0.2) is 32.9 Å². The lowest BCUT2D eigenvalue weighted by molar-refractivity contribution is 0.122. The smallest absolute Gasteiger partial charge is 0.0809 e. The van der Waals surface area contributed by atoms with Crippen molar-refractivity contribution in [3.8, 4) is 0 Å². The minimum atomic E-state index is 0.734. The lowest BCUT2D eigenvalue weighted by Crippen LogP contribution is -2.21. The van der Waals surface area contributed by atoms with Crippen molar-refractivity contribution in [1.29, 1.82) is 0 Å². The fraction of sp³-hybridized carbons (Fsp3) is 0.667. The number of nitrogens with one attached hydrogen (secondary N) is 1. The predicted molar refractivity (Wildman–Crippen MR) is 68.0 cm³/mol. The average molecular weight is 243 g/mol. The molecule has 0 saturated heterocycles. The molecule has 1 heterocycles. The van der Waals surface area contributed by atoms with Gasteiger partial charge in [0, 0.05) is 24.6 Å². The molecule has 0 aromatic carbocycles. The molecular weight excluding hydrogens is 222 g/mol. The molecule has 1 rings (SSSR count). The van der Waals surface area contributed by atoms with Gasteiger partial charge in [0.1, 0.15) is 0 Å². The number of rotatable bonds is 10. The summed E-state index contributed by atoms with van der Waals surface area (Å²) in [6.07, 6.45) is 1.07. The summed E-state index contributed by atoms with van der Waals surface area (Å²) < 4.78 is 10.8. The molecule has 0 aliphatic heterocycles. The highest BCUT2D eigenvalue weighted by Crippen LogP contribution is 2.08. The van der Waals surface area contributed by atoms with E-state index in [0.29, 0.717) is 0 Å². The van der Waals surface area contributed by atoms with Gasteiger partial charge in [-0.05, 0) is 31.3 Å². The first-order valence-corrected chi connectivity index (χ1v) is 6.70. The van der Waals surface area contributed by atoms with Crippen LogP contribution in [0.3, 0.4) is 0 Å². The summed E-state index contributed by atoms with van der Waals surface area (Å²) in [5.41, 5.74) is 0. The van der Waals surface area contributed by atoms with E-state index in [2.05, 4.69) is 22.8 Å². The Bertz CT molecular complexity index is 239. The van der Waals surface area contributed by atoms with E-state index in [1.54, 1.807) is 11.3 Å². The molecule has 92 valence electrons. The molecule has 16 heavy (non-hydrogen) atoms. The summed E-state index contributed by atoms with van der Waals surface area (Å²) >= 11 is 1.74. The zero-order valence-electron chi connectivity index (χ0n) is 9.91. The topological polar surface area (TPSA) is 30.5 Å². The van der Waals surface area contributed by atoms with E-state index in [0.717, 1.165) is 45.9 Å². The molecule has 1 aromatic rings. The monoisotopic (exact) mass is 243 g/mol. The SMILES string of the molecule is CCOCCCNCCOCc1cccs1. The van der Waals surface area contributed by atoms with Crippen molar-refractivity contribution in [3.05, 3.63) is 22.4 Å². The Morgan fingerprint density at radius 3 is 2.94 bits per heavy atom. The first kappa shape index (κ1) is 13.6. The van der Waals surface area contributed by atoms with Crippen LogP contribution in [0.4, 0.5) is 0 Å². The van der Waals surface area contributed by atoms with Crippen LogP contribution in [-0.2, 0) is 16.1 Å². The van der Waals surface area contributed by atoms with Gasteiger partial charge in [-0.3, -0.25) is 0 Å². The van der Waals surface area contributed by atoms with Gasteiger partial charge in [0.25, 0.3) is 0 Å². The van der Waals surface area contributed by atoms with Crippen molar-refractivity contribution in [2.24, 2.45) is 0 Å². The minimum Gasteiger partial charge on any atom is -0.382 e. The van der Waals surface area contributed by atoms with Crippen LogP contribution in [0.25, 0.3) is 0 Å². The van der Waals surface area contributed by atoms with Crippen LogP contribution in [0.15, 0.2) is 17.5 Å². The van der Waals surface area contributed by atoms with Crippen molar-refractivity contribution >= 4 is 11.3 Å². The van der Waals surface area contributed by atoms with Crippen molar-refractivity contribution in [2.45, 2.75) is 20.0 Å². The van der Waals surface area contributed by atoms with E-state index in [4.69, 9.17) is 9.47 Å². The normalized spacial score (nSPS) is 10.8. The summed E-state index contributed by atoms with van der Waals surface area (Å²) in [4.78, 5) is 1.29. The number of hydrogen-bond donors (Lipinski definition) is 1. The van der Waals surface area contributed by atoms with Crippen LogP contribution in [0, 0.1) is 0 Å². The second kappa shape index (κ2) is 9.78. The Morgan fingerprint density at radius 1 is 1.25 bits per heavy atom. The van der Waals surface area contributed by atoms with Gasteiger partial charge in [-0.15, -0.1) is 11.3 Å². The van der Waals surface area contributed by atoms with E-state index in [1.165, 1.54) is 4.88 Å². The van der Waals surface area contributed by atoms with E-state index in [-0.39, 0.29) is 0 Å². The minimum absolute atomic E-state index is 0.734. The molecule has 0 amide bonds. The lowest BCUT2D eigenvalue weighted by atomic mass is 10.4. The van der Waals surface area contributed by atoms with Gasteiger partial charge in [-0.2, -0.15) is 0 Å². The van der Waals surface area contributed by atoms with Gasteiger partial charge in [0.15, 0.2) is 0 Å². The summed E-state index contributed by atoms with van der Waals surface area (Å²) in [7, 11) is 0. The Morgan fingerprint density at radius 2 is 2.19 bits per heavy atom.